The first-order valence-electron chi connectivity index (χ1n) is 15.3. The van der Waals surface area contributed by atoms with E-state index >= 15 is 0 Å². The van der Waals surface area contributed by atoms with Crippen LogP contribution in [0.4, 0.5) is 10.1 Å². The molecular weight excluding hydrogens is 670 g/mol. The fraction of sp³-hybridized carbons (Fsp3) is 0.469. The minimum absolute atomic E-state index is 0.0440. The van der Waals surface area contributed by atoms with Crippen LogP contribution in [0.15, 0.2) is 69.1 Å². The highest BCUT2D eigenvalue weighted by Gasteiger charge is 2.33. The van der Waals surface area contributed by atoms with Crippen molar-refractivity contribution in [1.82, 2.24) is 9.21 Å². The molecule has 0 aliphatic carbocycles. The number of hydrogen-bond donors (Lipinski definition) is 2. The molecule has 0 saturated heterocycles. The summed E-state index contributed by atoms with van der Waals surface area (Å²) in [4.78, 5) is 15.6. The average Bonchev–Trinajstić information content (AvgIpc) is 3.59. The molecule has 4 atom stereocenters. The molecule has 0 fully saturated rings. The molecule has 3 aromatic rings. The molecular formula is C32H42FN3O8S3. The first kappa shape index (κ1) is 36.8. The SMILES string of the molecule is C[C@H](CO)N1C[C@H](C)[C@H](CN(C)S(=O)(=O)c2cccs2)OCCCC[C@H](C)Oc2ccc(NS(=O)(=O)c3ccc(F)cc3)cc2C1=O. The number of thiophene rings is 1. The van der Waals surface area contributed by atoms with Gasteiger partial charge in [-0.1, -0.05) is 13.0 Å². The number of rotatable bonds is 9. The van der Waals surface area contributed by atoms with Crippen LogP contribution in [-0.4, -0.2) is 88.7 Å². The topological polar surface area (TPSA) is 143 Å². The second-order valence-corrected chi connectivity index (χ2v) is 16.7. The first-order chi connectivity index (χ1) is 22.2. The molecule has 1 aromatic heterocycles. The van der Waals surface area contributed by atoms with Gasteiger partial charge in [-0.2, -0.15) is 4.31 Å². The molecule has 2 N–H and O–H groups in total. The predicted molar refractivity (Wildman–Crippen MR) is 178 cm³/mol. The number of amides is 1. The smallest absolute Gasteiger partial charge is 0.261 e. The maximum atomic E-state index is 14.3. The highest BCUT2D eigenvalue weighted by Crippen LogP contribution is 2.30. The van der Waals surface area contributed by atoms with Gasteiger partial charge in [-0.15, -0.1) is 11.3 Å². The maximum absolute atomic E-state index is 14.3. The van der Waals surface area contributed by atoms with E-state index in [4.69, 9.17) is 9.47 Å². The number of carbonyl (C=O) groups excluding carboxylic acids is 1. The van der Waals surface area contributed by atoms with Crippen molar-refractivity contribution >= 4 is 43.0 Å². The Hall–Kier alpha value is -3.08. The number of ether oxygens (including phenoxy) is 2. The van der Waals surface area contributed by atoms with Gasteiger partial charge in [-0.3, -0.25) is 9.52 Å². The summed E-state index contributed by atoms with van der Waals surface area (Å²) in [6.07, 6.45) is 1.20. The van der Waals surface area contributed by atoms with Crippen molar-refractivity contribution in [2.75, 3.05) is 38.1 Å². The number of likely N-dealkylation sites (N-methyl/N-ethyl adjacent to an activating group) is 1. The van der Waals surface area contributed by atoms with Crippen molar-refractivity contribution in [2.24, 2.45) is 5.92 Å². The Labute approximate surface area is 280 Å². The third-order valence-corrected chi connectivity index (χ3v) is 12.6. The van der Waals surface area contributed by atoms with E-state index in [-0.39, 0.29) is 57.8 Å². The van der Waals surface area contributed by atoms with Crippen LogP contribution in [0.5, 0.6) is 5.75 Å². The molecule has 47 heavy (non-hydrogen) atoms. The Bertz CT molecular complexity index is 1700. The van der Waals surface area contributed by atoms with E-state index in [2.05, 4.69) is 4.72 Å². The molecule has 0 radical (unpaired) electrons. The van der Waals surface area contributed by atoms with E-state index in [1.807, 2.05) is 13.8 Å². The van der Waals surface area contributed by atoms with Gasteiger partial charge >= 0.3 is 0 Å². The monoisotopic (exact) mass is 711 g/mol. The number of hydrogen-bond acceptors (Lipinski definition) is 9. The molecule has 0 spiro atoms. The molecule has 0 saturated carbocycles. The lowest BCUT2D eigenvalue weighted by Gasteiger charge is -2.35. The predicted octanol–water partition coefficient (Wildman–Crippen LogP) is 4.80. The minimum atomic E-state index is -4.12. The Balaban J connectivity index is 1.68. The number of anilines is 1. The molecule has 2 heterocycles. The molecule has 2 aromatic carbocycles. The number of benzene rings is 2. The Morgan fingerprint density at radius 3 is 2.49 bits per heavy atom. The fourth-order valence-electron chi connectivity index (χ4n) is 5.19. The van der Waals surface area contributed by atoms with Gasteiger partial charge in [0.05, 0.1) is 35.3 Å². The van der Waals surface area contributed by atoms with Crippen molar-refractivity contribution in [2.45, 2.75) is 67.4 Å². The van der Waals surface area contributed by atoms with Crippen LogP contribution in [0.1, 0.15) is 50.4 Å². The highest BCUT2D eigenvalue weighted by atomic mass is 32.2. The van der Waals surface area contributed by atoms with E-state index < -0.39 is 43.9 Å². The van der Waals surface area contributed by atoms with E-state index in [1.165, 1.54) is 34.5 Å². The summed E-state index contributed by atoms with van der Waals surface area (Å²) in [5.41, 5.74) is 0.167. The van der Waals surface area contributed by atoms with Gasteiger partial charge in [0.2, 0.25) is 0 Å². The quantitative estimate of drug-likeness (QED) is 0.322. The highest BCUT2D eigenvalue weighted by molar-refractivity contribution is 7.92. The summed E-state index contributed by atoms with van der Waals surface area (Å²) < 4.78 is 82.4. The molecule has 0 unspecified atom stereocenters. The standard InChI is InChI=1S/C32H42FN3O8S3/c1-22-19-36(23(2)21-37)32(38)28-18-26(34-46(39,40)27-13-10-25(33)11-14-27)12-15-29(28)44-24(3)8-5-6-16-43-30(22)20-35(4)47(41,42)31-9-7-17-45-31/h7,9-15,17-18,22-24,30,34,37H,5-6,8,16,19-21H2,1-4H3/t22-,23+,24-,30-/m0/s1. The number of halogens is 1. The Morgan fingerprint density at radius 2 is 1.83 bits per heavy atom. The number of nitrogens with zero attached hydrogens (tertiary/aromatic N) is 2. The molecule has 258 valence electrons. The molecule has 1 amide bonds. The lowest BCUT2D eigenvalue weighted by Crippen LogP contribution is -2.48. The molecule has 1 aliphatic heterocycles. The summed E-state index contributed by atoms with van der Waals surface area (Å²) in [6, 6.07) is 11.3. The number of carbonyl (C=O) groups is 1. The normalized spacial score (nSPS) is 21.0. The largest absolute Gasteiger partial charge is 0.490 e. The van der Waals surface area contributed by atoms with Gasteiger partial charge < -0.3 is 19.5 Å². The van der Waals surface area contributed by atoms with Gasteiger partial charge in [-0.05, 0) is 87.0 Å². The van der Waals surface area contributed by atoms with Gasteiger partial charge in [0.25, 0.3) is 26.0 Å². The van der Waals surface area contributed by atoms with Crippen LogP contribution in [0, 0.1) is 11.7 Å². The number of aliphatic hydroxyl groups is 1. The number of nitrogens with one attached hydrogen (secondary N) is 1. The number of aliphatic hydroxyl groups excluding tert-OH is 1. The van der Waals surface area contributed by atoms with Crippen molar-refractivity contribution in [3.8, 4) is 5.75 Å². The molecule has 4 rings (SSSR count). The molecule has 1 aliphatic rings. The van der Waals surface area contributed by atoms with Gasteiger partial charge in [0.1, 0.15) is 15.8 Å². The van der Waals surface area contributed by atoms with Crippen LogP contribution in [-0.2, 0) is 24.8 Å². The van der Waals surface area contributed by atoms with Crippen LogP contribution in [0.3, 0.4) is 0 Å². The third-order valence-electron chi connectivity index (χ3n) is 8.02. The Kier molecular flexibility index (Phi) is 12.4. The minimum Gasteiger partial charge on any atom is -0.490 e. The second-order valence-electron chi connectivity index (χ2n) is 11.8. The maximum Gasteiger partial charge on any atom is 0.261 e. The molecule has 0 bridgehead atoms. The van der Waals surface area contributed by atoms with Crippen LogP contribution in [0.25, 0.3) is 0 Å². The fourth-order valence-corrected chi connectivity index (χ4v) is 8.63. The van der Waals surface area contributed by atoms with E-state index in [0.29, 0.717) is 19.4 Å². The van der Waals surface area contributed by atoms with Crippen molar-refractivity contribution in [3.05, 3.63) is 71.4 Å². The zero-order valence-corrected chi connectivity index (χ0v) is 29.3. The summed E-state index contributed by atoms with van der Waals surface area (Å²) in [5.74, 6) is -1.22. The van der Waals surface area contributed by atoms with Crippen LogP contribution in [0.2, 0.25) is 0 Å². The lowest BCUT2D eigenvalue weighted by molar-refractivity contribution is -0.00832. The van der Waals surface area contributed by atoms with Crippen LogP contribution < -0.4 is 9.46 Å². The van der Waals surface area contributed by atoms with Gasteiger partial charge in [0.15, 0.2) is 0 Å². The van der Waals surface area contributed by atoms with E-state index in [0.717, 1.165) is 42.0 Å². The zero-order chi connectivity index (χ0) is 34.4. The van der Waals surface area contributed by atoms with Crippen molar-refractivity contribution < 1.29 is 40.6 Å². The number of sulfonamides is 2. The molecule has 11 nitrogen and oxygen atoms in total. The zero-order valence-electron chi connectivity index (χ0n) is 26.8. The van der Waals surface area contributed by atoms with Gasteiger partial charge in [0, 0.05) is 38.3 Å². The van der Waals surface area contributed by atoms with Crippen LogP contribution >= 0.6 is 11.3 Å². The summed E-state index contributed by atoms with van der Waals surface area (Å²) in [6.45, 7) is 5.57. The van der Waals surface area contributed by atoms with Gasteiger partial charge in [-0.25, -0.2) is 21.2 Å². The van der Waals surface area contributed by atoms with E-state index in [9.17, 15) is 31.1 Å². The molecule has 15 heteroatoms. The summed E-state index contributed by atoms with van der Waals surface area (Å²) in [7, 11) is -6.37. The third kappa shape index (κ3) is 9.30. The van der Waals surface area contributed by atoms with Crippen molar-refractivity contribution in [3.63, 3.8) is 0 Å². The average molecular weight is 712 g/mol. The second kappa shape index (κ2) is 15.9. The summed E-state index contributed by atoms with van der Waals surface area (Å²) >= 11 is 1.13. The lowest BCUT2D eigenvalue weighted by atomic mass is 10.0. The summed E-state index contributed by atoms with van der Waals surface area (Å²) in [5, 5.41) is 11.9. The first-order valence-corrected chi connectivity index (χ1v) is 19.2. The number of fused-ring (bicyclic) bond motifs is 1. The van der Waals surface area contributed by atoms with E-state index in [1.54, 1.807) is 24.4 Å². The Morgan fingerprint density at radius 1 is 1.11 bits per heavy atom. The van der Waals surface area contributed by atoms with Crippen molar-refractivity contribution in [1.29, 1.82) is 0 Å².